The first-order chi connectivity index (χ1) is 11.6. The molecule has 14 heteroatoms. The zero-order valence-electron chi connectivity index (χ0n) is 15.1. The maximum atomic E-state index is 12.8. The Balaban J connectivity index is 6.25. The van der Waals surface area contributed by atoms with Gasteiger partial charge in [-0.15, -0.1) is 0 Å². The predicted octanol–water partition coefficient (Wildman–Crippen LogP) is 2.76. The van der Waals surface area contributed by atoms with Crippen molar-refractivity contribution in [1.29, 1.82) is 0 Å². The molecule has 0 aromatic rings. The van der Waals surface area contributed by atoms with Crippen molar-refractivity contribution in [3.8, 4) is 0 Å². The summed E-state index contributed by atoms with van der Waals surface area (Å²) < 4.78 is 120. The summed E-state index contributed by atoms with van der Waals surface area (Å²) in [5, 5.41) is 2.10. The van der Waals surface area contributed by atoms with E-state index in [4.69, 9.17) is 0 Å². The van der Waals surface area contributed by atoms with E-state index in [0.717, 1.165) is 6.92 Å². The molecule has 0 aliphatic carbocycles. The van der Waals surface area contributed by atoms with Gasteiger partial charge in [0, 0.05) is 17.4 Å². The lowest BCUT2D eigenvalue weighted by molar-refractivity contribution is -0.130. The lowest BCUT2D eigenvalue weighted by Gasteiger charge is -2.32. The molecule has 162 valence electrons. The van der Waals surface area contributed by atoms with Gasteiger partial charge in [-0.2, -0.15) is 26.3 Å². The Morgan fingerprint density at radius 1 is 0.889 bits per heavy atom. The van der Waals surface area contributed by atoms with Gasteiger partial charge in [-0.05, 0) is 13.3 Å². The summed E-state index contributed by atoms with van der Waals surface area (Å²) in [6.07, 6.45) is 0.255. The van der Waals surface area contributed by atoms with E-state index >= 15 is 0 Å². The number of amides is 1. The van der Waals surface area contributed by atoms with Gasteiger partial charge < -0.3 is 5.32 Å². The lowest BCUT2D eigenvalue weighted by Crippen LogP contribution is -2.54. The number of nitrogens with one attached hydrogen (secondary N) is 1. The minimum atomic E-state index is -6.76. The predicted molar refractivity (Wildman–Crippen MR) is 84.6 cm³/mol. The Morgan fingerprint density at radius 3 is 1.48 bits per heavy atom. The first-order valence-corrected chi connectivity index (χ1v) is 10.6. The first-order valence-electron chi connectivity index (χ1n) is 7.56. The zero-order chi connectivity index (χ0) is 22.2. The number of carbonyl (C=O) groups is 1. The molecule has 0 saturated carbocycles. The standard InChI is InChI=1S/C13H21F6NO5S2/c1-6-11(4,5)10(21)20-8(3)7(2)9(26(22,23)12(14,15)16)27(24,25)13(17,18)19/h7-9H,6H2,1-5H3,(H,20,21). The van der Waals surface area contributed by atoms with Gasteiger partial charge in [0.1, 0.15) is 0 Å². The summed E-state index contributed by atoms with van der Waals surface area (Å²) in [6.45, 7) is 5.99. The van der Waals surface area contributed by atoms with Crippen molar-refractivity contribution < 1.29 is 48.0 Å². The van der Waals surface area contributed by atoms with E-state index in [1.807, 2.05) is 0 Å². The number of rotatable bonds is 7. The summed E-state index contributed by atoms with van der Waals surface area (Å²) in [5.74, 6) is -3.03. The van der Waals surface area contributed by atoms with Crippen LogP contribution < -0.4 is 5.32 Å². The van der Waals surface area contributed by atoms with E-state index in [1.165, 1.54) is 13.8 Å². The Hall–Kier alpha value is -1.05. The van der Waals surface area contributed by atoms with Crippen LogP contribution in [-0.2, 0) is 24.5 Å². The highest BCUT2D eigenvalue weighted by Gasteiger charge is 2.65. The van der Waals surface area contributed by atoms with Crippen molar-refractivity contribution in [2.75, 3.05) is 0 Å². The molecular weight excluding hydrogens is 428 g/mol. The third kappa shape index (κ3) is 5.27. The number of carbonyl (C=O) groups excluding carboxylic acids is 1. The van der Waals surface area contributed by atoms with Crippen LogP contribution >= 0.6 is 0 Å². The zero-order valence-corrected chi connectivity index (χ0v) is 16.7. The van der Waals surface area contributed by atoms with Gasteiger partial charge in [0.15, 0.2) is 4.58 Å². The van der Waals surface area contributed by atoms with Crippen LogP contribution in [0.4, 0.5) is 26.3 Å². The molecule has 2 atom stereocenters. The van der Waals surface area contributed by atoms with Crippen molar-refractivity contribution in [2.45, 2.75) is 62.7 Å². The van der Waals surface area contributed by atoms with Crippen LogP contribution in [0, 0.1) is 11.3 Å². The Kier molecular flexibility index (Phi) is 7.46. The first kappa shape index (κ1) is 26.0. The molecular formula is C13H21F6NO5S2. The summed E-state index contributed by atoms with van der Waals surface area (Å²) in [5.41, 5.74) is -13.5. The number of halogens is 6. The van der Waals surface area contributed by atoms with Crippen LogP contribution in [0.3, 0.4) is 0 Å². The lowest BCUT2D eigenvalue weighted by atomic mass is 9.88. The SMILES string of the molecule is CCC(C)(C)C(=O)NC(C)C(C)C(S(=O)(=O)C(F)(F)F)S(=O)(=O)C(F)(F)F. The molecule has 27 heavy (non-hydrogen) atoms. The minimum absolute atomic E-state index is 0.255. The number of sulfone groups is 2. The minimum Gasteiger partial charge on any atom is -0.353 e. The van der Waals surface area contributed by atoms with Crippen LogP contribution in [0.2, 0.25) is 0 Å². The molecule has 0 bridgehead atoms. The largest absolute Gasteiger partial charge is 0.498 e. The molecule has 0 fully saturated rings. The third-order valence-electron chi connectivity index (χ3n) is 4.33. The van der Waals surface area contributed by atoms with Crippen molar-refractivity contribution in [2.24, 2.45) is 11.3 Å². The van der Waals surface area contributed by atoms with Gasteiger partial charge in [-0.25, -0.2) is 16.8 Å². The van der Waals surface area contributed by atoms with Gasteiger partial charge in [0.25, 0.3) is 19.7 Å². The molecule has 0 aromatic heterocycles. The third-order valence-corrected chi connectivity index (χ3v) is 9.22. The van der Waals surface area contributed by atoms with Crippen LogP contribution in [0.1, 0.15) is 41.0 Å². The number of alkyl halides is 6. The molecule has 0 heterocycles. The highest BCUT2D eigenvalue weighted by Crippen LogP contribution is 2.40. The maximum Gasteiger partial charge on any atom is 0.498 e. The van der Waals surface area contributed by atoms with Gasteiger partial charge in [-0.1, -0.05) is 27.7 Å². The molecule has 0 radical (unpaired) electrons. The second kappa shape index (κ2) is 7.76. The van der Waals surface area contributed by atoms with Crippen molar-refractivity contribution in [3.63, 3.8) is 0 Å². The van der Waals surface area contributed by atoms with Gasteiger partial charge >= 0.3 is 11.0 Å². The van der Waals surface area contributed by atoms with Crippen molar-refractivity contribution >= 4 is 25.6 Å². The molecule has 0 saturated heterocycles. The highest BCUT2D eigenvalue weighted by atomic mass is 32.3. The van der Waals surface area contributed by atoms with Crippen molar-refractivity contribution in [1.82, 2.24) is 5.32 Å². The van der Waals surface area contributed by atoms with Crippen LogP contribution in [-0.4, -0.2) is 44.4 Å². The fourth-order valence-corrected chi connectivity index (χ4v) is 6.04. The average Bonchev–Trinajstić information content (AvgIpc) is 2.43. The van der Waals surface area contributed by atoms with E-state index in [1.54, 1.807) is 6.92 Å². The molecule has 1 amide bonds. The molecule has 0 rings (SSSR count). The number of hydrogen-bond acceptors (Lipinski definition) is 5. The highest BCUT2D eigenvalue weighted by molar-refractivity contribution is 8.09. The van der Waals surface area contributed by atoms with E-state index in [2.05, 4.69) is 5.32 Å². The second-order valence-corrected chi connectivity index (χ2v) is 11.1. The second-order valence-electron chi connectivity index (χ2n) is 6.71. The summed E-state index contributed by atoms with van der Waals surface area (Å²) in [6, 6.07) is -1.62. The van der Waals surface area contributed by atoms with Crippen molar-refractivity contribution in [3.05, 3.63) is 0 Å². The quantitative estimate of drug-likeness (QED) is 0.603. The average molecular weight is 449 g/mol. The van der Waals surface area contributed by atoms with Crippen LogP contribution in [0.25, 0.3) is 0 Å². The van der Waals surface area contributed by atoms with Crippen LogP contribution in [0.15, 0.2) is 0 Å². The Labute approximate surface area is 153 Å². The molecule has 2 unspecified atom stereocenters. The normalized spacial score (nSPS) is 16.9. The molecule has 6 nitrogen and oxygen atoms in total. The van der Waals surface area contributed by atoms with Crippen LogP contribution in [0.5, 0.6) is 0 Å². The van der Waals surface area contributed by atoms with E-state index < -0.39 is 58.6 Å². The Morgan fingerprint density at radius 2 is 1.22 bits per heavy atom. The summed E-state index contributed by atoms with van der Waals surface area (Å²) in [4.78, 5) is 12.1. The van der Waals surface area contributed by atoms with E-state index in [0.29, 0.717) is 6.92 Å². The molecule has 0 aliphatic rings. The number of hydrogen-bond donors (Lipinski definition) is 1. The molecule has 1 N–H and O–H groups in total. The summed E-state index contributed by atoms with van der Waals surface area (Å²) in [7, 11) is -13.5. The smallest absolute Gasteiger partial charge is 0.353 e. The van der Waals surface area contributed by atoms with Gasteiger partial charge in [-0.3, -0.25) is 4.79 Å². The topological polar surface area (TPSA) is 97.4 Å². The van der Waals surface area contributed by atoms with Gasteiger partial charge in [0.2, 0.25) is 5.91 Å². The Bertz CT molecular complexity index is 711. The van der Waals surface area contributed by atoms with E-state index in [-0.39, 0.29) is 6.42 Å². The molecule has 0 aliphatic heterocycles. The van der Waals surface area contributed by atoms with E-state index in [9.17, 15) is 48.0 Å². The monoisotopic (exact) mass is 449 g/mol. The fourth-order valence-electron chi connectivity index (χ4n) is 1.93. The van der Waals surface area contributed by atoms with Gasteiger partial charge in [0.05, 0.1) is 0 Å². The maximum absolute atomic E-state index is 12.8. The molecule has 0 aromatic carbocycles. The fraction of sp³-hybridized carbons (Fsp3) is 0.923. The summed E-state index contributed by atoms with van der Waals surface area (Å²) >= 11 is 0. The molecule has 0 spiro atoms.